The van der Waals surface area contributed by atoms with E-state index in [1.54, 1.807) is 12.1 Å². The van der Waals surface area contributed by atoms with Crippen LogP contribution in [0.3, 0.4) is 0 Å². The molecule has 1 rings (SSSR count). The SMILES string of the molecule is CN(C)CCN(C)CCOC(=O)c1ccc(N(C)C)cc1. The van der Waals surface area contributed by atoms with Gasteiger partial charge in [-0.15, -0.1) is 0 Å². The minimum Gasteiger partial charge on any atom is -0.461 e. The number of rotatable bonds is 8. The molecular formula is C16H27N3O2. The lowest BCUT2D eigenvalue weighted by Crippen LogP contribution is -2.31. The first-order valence-corrected chi connectivity index (χ1v) is 7.18. The number of ether oxygens (including phenoxy) is 1. The summed E-state index contributed by atoms with van der Waals surface area (Å²) in [6.45, 7) is 3.12. The molecule has 0 unspecified atom stereocenters. The molecule has 0 amide bonds. The molecule has 0 fully saturated rings. The molecule has 0 atom stereocenters. The molecule has 0 aliphatic carbocycles. The number of hydrogen-bond donors (Lipinski definition) is 0. The minimum atomic E-state index is -0.263. The van der Waals surface area contributed by atoms with Gasteiger partial charge in [0.2, 0.25) is 0 Å². The second-order valence-corrected chi connectivity index (χ2v) is 5.68. The van der Waals surface area contributed by atoms with E-state index in [4.69, 9.17) is 4.74 Å². The van der Waals surface area contributed by atoms with Crippen LogP contribution in [-0.4, -0.2) is 77.2 Å². The van der Waals surface area contributed by atoms with Crippen molar-refractivity contribution in [1.29, 1.82) is 0 Å². The van der Waals surface area contributed by atoms with Gasteiger partial charge in [0, 0.05) is 39.4 Å². The number of carbonyl (C=O) groups is 1. The number of carbonyl (C=O) groups excluding carboxylic acids is 1. The maximum absolute atomic E-state index is 11.9. The first kappa shape index (κ1) is 17.5. The van der Waals surface area contributed by atoms with Gasteiger partial charge in [0.15, 0.2) is 0 Å². The Morgan fingerprint density at radius 2 is 1.57 bits per heavy atom. The van der Waals surface area contributed by atoms with Gasteiger partial charge in [-0.2, -0.15) is 0 Å². The predicted molar refractivity (Wildman–Crippen MR) is 87.1 cm³/mol. The highest BCUT2D eigenvalue weighted by Gasteiger charge is 2.08. The van der Waals surface area contributed by atoms with Gasteiger partial charge >= 0.3 is 5.97 Å². The second kappa shape index (κ2) is 8.64. The maximum atomic E-state index is 11.9. The molecule has 118 valence electrons. The van der Waals surface area contributed by atoms with Gasteiger partial charge in [0.25, 0.3) is 0 Å². The molecule has 0 saturated heterocycles. The number of likely N-dealkylation sites (N-methyl/N-ethyl adjacent to an activating group) is 2. The summed E-state index contributed by atoms with van der Waals surface area (Å²) in [4.78, 5) is 18.2. The van der Waals surface area contributed by atoms with Gasteiger partial charge in [0.1, 0.15) is 6.61 Å². The standard InChI is InChI=1S/C16H27N3O2/c1-17(2)10-11-19(5)12-13-21-16(20)14-6-8-15(9-7-14)18(3)4/h6-9H,10-13H2,1-5H3. The third kappa shape index (κ3) is 6.60. The molecule has 5 heteroatoms. The van der Waals surface area contributed by atoms with Gasteiger partial charge in [-0.1, -0.05) is 0 Å². The Kier molecular flexibility index (Phi) is 7.19. The normalized spacial score (nSPS) is 11.0. The molecule has 0 radical (unpaired) electrons. The number of anilines is 1. The van der Waals surface area contributed by atoms with Gasteiger partial charge in [0.05, 0.1) is 5.56 Å². The van der Waals surface area contributed by atoms with E-state index in [1.165, 1.54) is 0 Å². The highest BCUT2D eigenvalue weighted by molar-refractivity contribution is 5.89. The molecular weight excluding hydrogens is 266 g/mol. The topological polar surface area (TPSA) is 36.0 Å². The molecule has 0 spiro atoms. The number of nitrogens with zero attached hydrogens (tertiary/aromatic N) is 3. The predicted octanol–water partition coefficient (Wildman–Crippen LogP) is 1.40. The smallest absolute Gasteiger partial charge is 0.338 e. The van der Waals surface area contributed by atoms with Crippen LogP contribution in [0.2, 0.25) is 0 Å². The molecule has 0 N–H and O–H groups in total. The fourth-order valence-electron chi connectivity index (χ4n) is 1.76. The lowest BCUT2D eigenvalue weighted by molar-refractivity contribution is 0.0471. The van der Waals surface area contributed by atoms with Crippen LogP contribution in [0.25, 0.3) is 0 Å². The Balaban J connectivity index is 2.33. The Labute approximate surface area is 128 Å². The number of esters is 1. The van der Waals surface area contributed by atoms with E-state index in [2.05, 4.69) is 9.80 Å². The highest BCUT2D eigenvalue weighted by Crippen LogP contribution is 2.12. The summed E-state index contributed by atoms with van der Waals surface area (Å²) >= 11 is 0. The Bertz CT molecular complexity index is 430. The van der Waals surface area contributed by atoms with Gasteiger partial charge in [-0.05, 0) is 45.4 Å². The van der Waals surface area contributed by atoms with Crippen LogP contribution in [0.4, 0.5) is 5.69 Å². The van der Waals surface area contributed by atoms with Crippen molar-refractivity contribution in [3.8, 4) is 0 Å². The fourth-order valence-corrected chi connectivity index (χ4v) is 1.76. The summed E-state index contributed by atoms with van der Waals surface area (Å²) in [5.41, 5.74) is 1.66. The van der Waals surface area contributed by atoms with E-state index in [1.807, 2.05) is 52.3 Å². The van der Waals surface area contributed by atoms with Gasteiger partial charge in [-0.3, -0.25) is 0 Å². The average Bonchev–Trinajstić information content (AvgIpc) is 2.45. The summed E-state index contributed by atoms with van der Waals surface area (Å²) in [5.74, 6) is -0.263. The van der Waals surface area contributed by atoms with Crippen LogP contribution in [-0.2, 0) is 4.74 Å². The van der Waals surface area contributed by atoms with E-state index in [0.29, 0.717) is 12.2 Å². The Morgan fingerprint density at radius 1 is 0.952 bits per heavy atom. The number of benzene rings is 1. The highest BCUT2D eigenvalue weighted by atomic mass is 16.5. The van der Waals surface area contributed by atoms with Crippen molar-refractivity contribution in [2.45, 2.75) is 0 Å². The first-order valence-electron chi connectivity index (χ1n) is 7.18. The minimum absolute atomic E-state index is 0.263. The van der Waals surface area contributed by atoms with Crippen LogP contribution in [0, 0.1) is 0 Å². The van der Waals surface area contributed by atoms with E-state index < -0.39 is 0 Å². The molecule has 0 aliphatic heterocycles. The molecule has 21 heavy (non-hydrogen) atoms. The molecule has 0 saturated carbocycles. The van der Waals surface area contributed by atoms with E-state index in [-0.39, 0.29) is 5.97 Å². The molecule has 0 aromatic heterocycles. The molecule has 0 bridgehead atoms. The quantitative estimate of drug-likeness (QED) is 0.677. The second-order valence-electron chi connectivity index (χ2n) is 5.68. The van der Waals surface area contributed by atoms with E-state index in [9.17, 15) is 4.79 Å². The largest absolute Gasteiger partial charge is 0.461 e. The van der Waals surface area contributed by atoms with Crippen molar-refractivity contribution in [2.24, 2.45) is 0 Å². The van der Waals surface area contributed by atoms with Crippen molar-refractivity contribution < 1.29 is 9.53 Å². The lowest BCUT2D eigenvalue weighted by atomic mass is 10.2. The zero-order chi connectivity index (χ0) is 15.8. The van der Waals surface area contributed by atoms with Crippen LogP contribution in [0.15, 0.2) is 24.3 Å². The van der Waals surface area contributed by atoms with Gasteiger partial charge in [-0.25, -0.2) is 4.79 Å². The number of hydrogen-bond acceptors (Lipinski definition) is 5. The summed E-state index contributed by atoms with van der Waals surface area (Å²) in [5, 5.41) is 0. The third-order valence-electron chi connectivity index (χ3n) is 3.25. The van der Waals surface area contributed by atoms with Crippen molar-refractivity contribution in [3.05, 3.63) is 29.8 Å². The summed E-state index contributed by atoms with van der Waals surface area (Å²) in [6.07, 6.45) is 0. The van der Waals surface area contributed by atoms with E-state index >= 15 is 0 Å². The maximum Gasteiger partial charge on any atom is 0.338 e. The fraction of sp³-hybridized carbons (Fsp3) is 0.562. The molecule has 0 heterocycles. The molecule has 5 nitrogen and oxygen atoms in total. The van der Waals surface area contributed by atoms with Crippen LogP contribution < -0.4 is 4.90 Å². The first-order chi connectivity index (χ1) is 9.90. The van der Waals surface area contributed by atoms with Crippen LogP contribution >= 0.6 is 0 Å². The summed E-state index contributed by atoms with van der Waals surface area (Å²) in [7, 11) is 10.1. The van der Waals surface area contributed by atoms with Gasteiger partial charge < -0.3 is 19.4 Å². The Morgan fingerprint density at radius 3 is 2.10 bits per heavy atom. The lowest BCUT2D eigenvalue weighted by Gasteiger charge is -2.19. The van der Waals surface area contributed by atoms with Crippen molar-refractivity contribution in [2.75, 3.05) is 66.4 Å². The molecule has 1 aromatic carbocycles. The zero-order valence-electron chi connectivity index (χ0n) is 13.8. The summed E-state index contributed by atoms with van der Waals surface area (Å²) in [6, 6.07) is 7.43. The van der Waals surface area contributed by atoms with Crippen LogP contribution in [0.5, 0.6) is 0 Å². The molecule has 1 aromatic rings. The third-order valence-corrected chi connectivity index (χ3v) is 3.25. The zero-order valence-corrected chi connectivity index (χ0v) is 13.8. The Hall–Kier alpha value is -1.59. The average molecular weight is 293 g/mol. The van der Waals surface area contributed by atoms with E-state index in [0.717, 1.165) is 25.3 Å². The van der Waals surface area contributed by atoms with Crippen molar-refractivity contribution in [1.82, 2.24) is 9.80 Å². The van der Waals surface area contributed by atoms with Crippen molar-refractivity contribution in [3.63, 3.8) is 0 Å². The van der Waals surface area contributed by atoms with Crippen molar-refractivity contribution >= 4 is 11.7 Å². The summed E-state index contributed by atoms with van der Waals surface area (Å²) < 4.78 is 5.30. The molecule has 0 aliphatic rings. The van der Waals surface area contributed by atoms with Crippen LogP contribution in [0.1, 0.15) is 10.4 Å². The monoisotopic (exact) mass is 293 g/mol.